The molecule has 1 unspecified atom stereocenters. The Labute approximate surface area is 119 Å². The van der Waals surface area contributed by atoms with Gasteiger partial charge in [-0.15, -0.1) is 0 Å². The first-order chi connectivity index (χ1) is 8.86. The molecule has 5 heteroatoms. The first-order valence-electron chi connectivity index (χ1n) is 6.49. The van der Waals surface area contributed by atoms with Crippen LogP contribution in [0.15, 0.2) is 22.7 Å². The van der Waals surface area contributed by atoms with Gasteiger partial charge in [-0.25, -0.2) is 0 Å². The van der Waals surface area contributed by atoms with Crippen LogP contribution in [-0.2, 0) is 6.18 Å². The fourth-order valence-corrected chi connectivity index (χ4v) is 2.73. The molecule has 1 aliphatic carbocycles. The van der Waals surface area contributed by atoms with Crippen LogP contribution in [-0.4, -0.2) is 6.04 Å². The average molecular weight is 336 g/mol. The molecule has 0 aliphatic heterocycles. The maximum Gasteiger partial charge on any atom is 0.416 e. The van der Waals surface area contributed by atoms with Crippen LogP contribution in [0.2, 0.25) is 0 Å². The van der Waals surface area contributed by atoms with E-state index in [1.54, 1.807) is 0 Å². The van der Waals surface area contributed by atoms with E-state index in [1.807, 2.05) is 6.92 Å². The molecular formula is C14H17BrF3N. The number of nitrogens with one attached hydrogen (secondary N) is 1. The van der Waals surface area contributed by atoms with Crippen molar-refractivity contribution in [1.29, 1.82) is 0 Å². The summed E-state index contributed by atoms with van der Waals surface area (Å²) < 4.78 is 38.7. The Morgan fingerprint density at radius 2 is 2.05 bits per heavy atom. The third-order valence-electron chi connectivity index (χ3n) is 3.61. The van der Waals surface area contributed by atoms with Gasteiger partial charge in [0.1, 0.15) is 0 Å². The van der Waals surface area contributed by atoms with E-state index in [0.29, 0.717) is 10.2 Å². The molecule has 1 aromatic carbocycles. The normalized spacial score (nSPS) is 17.9. The smallest absolute Gasteiger partial charge is 0.382 e. The van der Waals surface area contributed by atoms with Crippen LogP contribution in [0.5, 0.6) is 0 Å². The van der Waals surface area contributed by atoms with Gasteiger partial charge in [0.2, 0.25) is 0 Å². The lowest BCUT2D eigenvalue weighted by atomic mass is 9.81. The molecule has 1 aromatic rings. The Hall–Kier alpha value is -0.710. The standard InChI is InChI=1S/C14H17BrF3N/c1-9(7-10-3-2-4-10)19-13-8-11(14(16,17)18)5-6-12(13)15/h5-6,8-10,19H,2-4,7H2,1H3. The minimum atomic E-state index is -4.30. The van der Waals surface area contributed by atoms with Crippen LogP contribution in [0.4, 0.5) is 18.9 Å². The molecule has 0 aromatic heterocycles. The zero-order valence-electron chi connectivity index (χ0n) is 10.7. The van der Waals surface area contributed by atoms with Gasteiger partial charge in [-0.05, 0) is 53.4 Å². The number of halogens is 4. The molecule has 1 saturated carbocycles. The van der Waals surface area contributed by atoms with Crippen LogP contribution in [0.1, 0.15) is 38.2 Å². The van der Waals surface area contributed by atoms with Crippen LogP contribution >= 0.6 is 15.9 Å². The van der Waals surface area contributed by atoms with Crippen LogP contribution in [0.25, 0.3) is 0 Å². The van der Waals surface area contributed by atoms with Gasteiger partial charge in [-0.3, -0.25) is 0 Å². The van der Waals surface area contributed by atoms with Gasteiger partial charge in [-0.2, -0.15) is 13.2 Å². The number of hydrogen-bond donors (Lipinski definition) is 1. The molecule has 1 fully saturated rings. The summed E-state index contributed by atoms with van der Waals surface area (Å²) in [5, 5.41) is 3.17. The van der Waals surface area contributed by atoms with E-state index in [-0.39, 0.29) is 6.04 Å². The lowest BCUT2D eigenvalue weighted by Crippen LogP contribution is -2.23. The molecule has 1 N–H and O–H groups in total. The molecule has 1 aliphatic rings. The Morgan fingerprint density at radius 3 is 2.58 bits per heavy atom. The van der Waals surface area contributed by atoms with Crippen LogP contribution in [0.3, 0.4) is 0 Å². The van der Waals surface area contributed by atoms with Crippen molar-refractivity contribution in [3.05, 3.63) is 28.2 Å². The second-order valence-corrected chi connectivity index (χ2v) is 6.12. The Balaban J connectivity index is 2.05. The van der Waals surface area contributed by atoms with E-state index in [0.717, 1.165) is 18.4 Å². The molecule has 0 bridgehead atoms. The highest BCUT2D eigenvalue weighted by molar-refractivity contribution is 9.10. The first kappa shape index (κ1) is 14.7. The number of benzene rings is 1. The van der Waals surface area contributed by atoms with Crippen LogP contribution < -0.4 is 5.32 Å². The van der Waals surface area contributed by atoms with E-state index >= 15 is 0 Å². The minimum absolute atomic E-state index is 0.185. The second-order valence-electron chi connectivity index (χ2n) is 5.27. The van der Waals surface area contributed by atoms with Gasteiger partial charge >= 0.3 is 6.18 Å². The van der Waals surface area contributed by atoms with Crippen molar-refractivity contribution in [3.63, 3.8) is 0 Å². The van der Waals surface area contributed by atoms with Gasteiger partial charge < -0.3 is 5.32 Å². The lowest BCUT2D eigenvalue weighted by molar-refractivity contribution is -0.137. The Bertz CT molecular complexity index is 441. The Morgan fingerprint density at radius 1 is 1.37 bits per heavy atom. The van der Waals surface area contributed by atoms with E-state index in [2.05, 4.69) is 21.2 Å². The molecule has 0 radical (unpaired) electrons. The van der Waals surface area contributed by atoms with Gasteiger partial charge in [0.05, 0.1) is 5.56 Å². The molecular weight excluding hydrogens is 319 g/mol. The highest BCUT2D eigenvalue weighted by Gasteiger charge is 2.31. The van der Waals surface area contributed by atoms with Crippen molar-refractivity contribution in [3.8, 4) is 0 Å². The SMILES string of the molecule is CC(CC1CCC1)Nc1cc(C(F)(F)F)ccc1Br. The monoisotopic (exact) mass is 335 g/mol. The van der Waals surface area contributed by atoms with E-state index in [9.17, 15) is 13.2 Å². The maximum atomic E-state index is 12.7. The van der Waals surface area contributed by atoms with Crippen molar-refractivity contribution >= 4 is 21.6 Å². The molecule has 0 amide bonds. The highest BCUT2D eigenvalue weighted by Crippen LogP contribution is 2.35. The van der Waals surface area contributed by atoms with Crippen molar-refractivity contribution in [2.24, 2.45) is 5.92 Å². The van der Waals surface area contributed by atoms with Crippen molar-refractivity contribution in [1.82, 2.24) is 0 Å². The topological polar surface area (TPSA) is 12.0 Å². The van der Waals surface area contributed by atoms with Crippen molar-refractivity contribution in [2.45, 2.75) is 44.8 Å². The van der Waals surface area contributed by atoms with Gasteiger partial charge in [0, 0.05) is 16.2 Å². The first-order valence-corrected chi connectivity index (χ1v) is 7.29. The quantitative estimate of drug-likeness (QED) is 0.770. The molecule has 1 nitrogen and oxygen atoms in total. The van der Waals surface area contributed by atoms with Gasteiger partial charge in [-0.1, -0.05) is 19.3 Å². The molecule has 0 saturated heterocycles. The van der Waals surface area contributed by atoms with Crippen molar-refractivity contribution in [2.75, 3.05) is 5.32 Å². The number of alkyl halides is 3. The van der Waals surface area contributed by atoms with E-state index in [4.69, 9.17) is 0 Å². The molecule has 19 heavy (non-hydrogen) atoms. The summed E-state index contributed by atoms with van der Waals surface area (Å²) in [6, 6.07) is 3.89. The lowest BCUT2D eigenvalue weighted by Gasteiger charge is -2.29. The third-order valence-corrected chi connectivity index (χ3v) is 4.30. The zero-order chi connectivity index (χ0) is 14.0. The summed E-state index contributed by atoms with van der Waals surface area (Å²) >= 11 is 3.29. The zero-order valence-corrected chi connectivity index (χ0v) is 12.3. The van der Waals surface area contributed by atoms with Gasteiger partial charge in [0.25, 0.3) is 0 Å². The molecule has 106 valence electrons. The predicted octanol–water partition coefficient (Wildman–Crippen LogP) is 5.46. The fourth-order valence-electron chi connectivity index (χ4n) is 2.37. The summed E-state index contributed by atoms with van der Waals surface area (Å²) in [5.41, 5.74) is -0.101. The van der Waals surface area contributed by atoms with Crippen LogP contribution in [0, 0.1) is 5.92 Å². The predicted molar refractivity (Wildman–Crippen MR) is 74.2 cm³/mol. The summed E-state index contributed by atoms with van der Waals surface area (Å²) in [4.78, 5) is 0. The number of anilines is 1. The number of rotatable bonds is 4. The Kier molecular flexibility index (Phi) is 4.43. The largest absolute Gasteiger partial charge is 0.416 e. The third kappa shape index (κ3) is 3.88. The summed E-state index contributed by atoms with van der Waals surface area (Å²) in [7, 11) is 0. The highest BCUT2D eigenvalue weighted by atomic mass is 79.9. The average Bonchev–Trinajstić information content (AvgIpc) is 2.25. The van der Waals surface area contributed by atoms with Gasteiger partial charge in [0.15, 0.2) is 0 Å². The molecule has 2 rings (SSSR count). The molecule has 0 heterocycles. The summed E-state index contributed by atoms with van der Waals surface area (Å²) in [6.45, 7) is 2.02. The second kappa shape index (κ2) is 5.73. The molecule has 1 atom stereocenters. The molecule has 0 spiro atoms. The number of hydrogen-bond acceptors (Lipinski definition) is 1. The summed E-state index contributed by atoms with van der Waals surface area (Å²) in [6.07, 6.45) is 0.493. The minimum Gasteiger partial charge on any atom is -0.382 e. The van der Waals surface area contributed by atoms with E-state index < -0.39 is 11.7 Å². The fraction of sp³-hybridized carbons (Fsp3) is 0.571. The van der Waals surface area contributed by atoms with E-state index in [1.165, 1.54) is 31.4 Å². The maximum absolute atomic E-state index is 12.7. The van der Waals surface area contributed by atoms with Crippen molar-refractivity contribution < 1.29 is 13.2 Å². The summed E-state index contributed by atoms with van der Waals surface area (Å²) in [5.74, 6) is 0.729.